The van der Waals surface area contributed by atoms with Crippen LogP contribution in [-0.4, -0.2) is 47.2 Å². The van der Waals surface area contributed by atoms with E-state index in [2.05, 4.69) is 24.0 Å². The zero-order valence-corrected chi connectivity index (χ0v) is 16.8. The zero-order valence-electron chi connectivity index (χ0n) is 16.8. The topological polar surface area (TPSA) is 49.3 Å². The van der Waals surface area contributed by atoms with Crippen LogP contribution < -0.4 is 0 Å². The molecule has 2 aromatic rings. The van der Waals surface area contributed by atoms with Crippen molar-refractivity contribution >= 4 is 6.03 Å². The van der Waals surface area contributed by atoms with Crippen LogP contribution in [0.4, 0.5) is 13.6 Å². The Bertz CT molecular complexity index is 955. The molecule has 148 valence electrons. The molecule has 28 heavy (non-hydrogen) atoms. The summed E-state index contributed by atoms with van der Waals surface area (Å²) in [6.45, 7) is 4.27. The summed E-state index contributed by atoms with van der Waals surface area (Å²) >= 11 is 0. The zero-order chi connectivity index (χ0) is 20.4. The summed E-state index contributed by atoms with van der Waals surface area (Å²) in [4.78, 5) is 16.1. The molecule has 7 heteroatoms. The summed E-state index contributed by atoms with van der Waals surface area (Å²) in [6, 6.07) is 5.41. The highest BCUT2D eigenvalue weighted by Gasteiger charge is 2.66. The van der Waals surface area contributed by atoms with Crippen molar-refractivity contribution in [3.8, 4) is 11.3 Å². The molecule has 2 bridgehead atoms. The predicted octanol–water partition coefficient (Wildman–Crippen LogP) is 4.15. The Kier molecular flexibility index (Phi) is 4.00. The van der Waals surface area contributed by atoms with E-state index in [1.54, 1.807) is 37.0 Å². The molecule has 0 spiro atoms. The highest BCUT2D eigenvalue weighted by molar-refractivity contribution is 5.76. The van der Waals surface area contributed by atoms with Gasteiger partial charge in [-0.25, -0.2) is 13.6 Å². The van der Waals surface area contributed by atoms with Gasteiger partial charge in [0.15, 0.2) is 0 Å². The van der Waals surface area contributed by atoms with E-state index in [0.29, 0.717) is 0 Å². The van der Waals surface area contributed by atoms with Crippen LogP contribution in [0, 0.1) is 17.0 Å². The lowest BCUT2D eigenvalue weighted by Gasteiger charge is -2.45. The van der Waals surface area contributed by atoms with E-state index in [1.165, 1.54) is 18.2 Å². The van der Waals surface area contributed by atoms with Crippen LogP contribution in [0.3, 0.4) is 0 Å². The number of hydrogen-bond donors (Lipinski definition) is 0. The van der Waals surface area contributed by atoms with Crippen LogP contribution >= 0.6 is 0 Å². The fraction of sp³-hybridized carbons (Fsp3) is 0.476. The smallest absolute Gasteiger partial charge is 0.320 e. The normalized spacial score (nSPS) is 24.2. The number of urea groups is 1. The Balaban J connectivity index is 1.89. The first-order chi connectivity index (χ1) is 13.1. The van der Waals surface area contributed by atoms with Gasteiger partial charge in [0.05, 0.1) is 22.5 Å². The number of amides is 2. The molecule has 2 aliphatic carbocycles. The van der Waals surface area contributed by atoms with E-state index in [-0.39, 0.29) is 28.6 Å². The monoisotopic (exact) mass is 386 g/mol. The van der Waals surface area contributed by atoms with Crippen LogP contribution in [0.1, 0.15) is 43.9 Å². The van der Waals surface area contributed by atoms with Gasteiger partial charge in [-0.05, 0) is 42.5 Å². The maximum atomic E-state index is 14.3. The average molecular weight is 386 g/mol. The minimum absolute atomic E-state index is 0.104. The molecular weight excluding hydrogens is 362 g/mol. The lowest BCUT2D eigenvalue weighted by Crippen LogP contribution is -2.54. The van der Waals surface area contributed by atoms with Crippen molar-refractivity contribution in [2.75, 3.05) is 21.1 Å². The van der Waals surface area contributed by atoms with Crippen molar-refractivity contribution in [2.24, 2.45) is 5.41 Å². The molecule has 1 heterocycles. The second-order valence-corrected chi connectivity index (χ2v) is 8.54. The van der Waals surface area contributed by atoms with E-state index < -0.39 is 17.2 Å². The van der Waals surface area contributed by atoms with Crippen molar-refractivity contribution in [1.29, 1.82) is 0 Å². The molecule has 0 unspecified atom stereocenters. The highest BCUT2D eigenvalue weighted by Crippen LogP contribution is 2.68. The molecule has 1 saturated carbocycles. The Morgan fingerprint density at radius 2 is 1.79 bits per heavy atom. The first-order valence-electron chi connectivity index (χ1n) is 9.40. The van der Waals surface area contributed by atoms with Gasteiger partial charge in [0.25, 0.3) is 0 Å². The SMILES string of the molecule is CN(C)C(=O)N(C)[C@@]12CC[C@@H](c3cc(-c4c(F)cccc4F)nnc31)C2(C)C. The van der Waals surface area contributed by atoms with Crippen LogP contribution in [0.15, 0.2) is 24.3 Å². The summed E-state index contributed by atoms with van der Waals surface area (Å²) in [5.74, 6) is -1.18. The van der Waals surface area contributed by atoms with Gasteiger partial charge in [-0.15, -0.1) is 5.10 Å². The first kappa shape index (κ1) is 18.8. The number of benzene rings is 1. The molecule has 5 nitrogen and oxygen atoms in total. The lowest BCUT2D eigenvalue weighted by atomic mass is 9.74. The fourth-order valence-corrected chi connectivity index (χ4v) is 5.37. The van der Waals surface area contributed by atoms with Crippen LogP contribution in [0.2, 0.25) is 0 Å². The number of halogens is 2. The number of fused-ring (bicyclic) bond motifs is 5. The Morgan fingerprint density at radius 1 is 1.14 bits per heavy atom. The quantitative estimate of drug-likeness (QED) is 0.779. The molecule has 1 aromatic carbocycles. The van der Waals surface area contributed by atoms with E-state index in [4.69, 9.17) is 0 Å². The van der Waals surface area contributed by atoms with Gasteiger partial charge in [-0.2, -0.15) is 5.10 Å². The van der Waals surface area contributed by atoms with Gasteiger partial charge in [-0.1, -0.05) is 19.9 Å². The van der Waals surface area contributed by atoms with Gasteiger partial charge in [0.1, 0.15) is 11.6 Å². The third-order valence-corrected chi connectivity index (χ3v) is 6.78. The molecule has 0 aliphatic heterocycles. The van der Waals surface area contributed by atoms with Gasteiger partial charge < -0.3 is 9.80 Å². The summed E-state index contributed by atoms with van der Waals surface area (Å²) in [5.41, 5.74) is 0.846. The molecule has 1 fully saturated rings. The van der Waals surface area contributed by atoms with Crippen molar-refractivity contribution in [2.45, 2.75) is 38.1 Å². The molecule has 0 radical (unpaired) electrons. The summed E-state index contributed by atoms with van der Waals surface area (Å²) in [7, 11) is 5.24. The average Bonchev–Trinajstić information content (AvgIpc) is 3.02. The number of aromatic nitrogens is 2. The Labute approximate surface area is 163 Å². The van der Waals surface area contributed by atoms with Crippen LogP contribution in [-0.2, 0) is 5.54 Å². The van der Waals surface area contributed by atoms with Crippen LogP contribution in [0.25, 0.3) is 11.3 Å². The highest BCUT2D eigenvalue weighted by atomic mass is 19.1. The minimum Gasteiger partial charge on any atom is -0.331 e. The molecule has 2 aliphatic rings. The third kappa shape index (κ3) is 2.19. The standard InChI is InChI=1S/C21H24F2N4O/c1-20(2)13-9-10-21(20,27(5)19(28)26(3)4)18-12(13)11-16(24-25-18)17-14(22)7-6-8-15(17)23/h6-8,11,13H,9-10H2,1-5H3/t13-,21-/m0/s1. The fourth-order valence-electron chi connectivity index (χ4n) is 5.37. The molecule has 2 atom stereocenters. The van der Waals surface area contributed by atoms with E-state index in [1.807, 2.05) is 0 Å². The van der Waals surface area contributed by atoms with Gasteiger partial charge in [-0.3, -0.25) is 0 Å². The molecular formula is C21H24F2N4O. The Hall–Kier alpha value is -2.57. The maximum Gasteiger partial charge on any atom is 0.320 e. The number of carbonyl (C=O) groups excluding carboxylic acids is 1. The van der Waals surface area contributed by atoms with Crippen LogP contribution in [0.5, 0.6) is 0 Å². The summed E-state index contributed by atoms with van der Waals surface area (Å²) < 4.78 is 28.5. The minimum atomic E-state index is -0.661. The number of carbonyl (C=O) groups is 1. The molecule has 4 rings (SSSR count). The predicted molar refractivity (Wildman–Crippen MR) is 102 cm³/mol. The number of hydrogen-bond acceptors (Lipinski definition) is 3. The largest absolute Gasteiger partial charge is 0.331 e. The number of rotatable bonds is 2. The van der Waals surface area contributed by atoms with E-state index in [9.17, 15) is 13.6 Å². The third-order valence-electron chi connectivity index (χ3n) is 6.78. The Morgan fingerprint density at radius 3 is 2.39 bits per heavy atom. The molecule has 0 N–H and O–H groups in total. The summed E-state index contributed by atoms with van der Waals surface area (Å²) in [5, 5.41) is 8.61. The van der Waals surface area contributed by atoms with E-state index in [0.717, 1.165) is 24.1 Å². The molecule has 1 aromatic heterocycles. The lowest BCUT2D eigenvalue weighted by molar-refractivity contribution is 0.0422. The maximum absolute atomic E-state index is 14.3. The second kappa shape index (κ2) is 5.96. The van der Waals surface area contributed by atoms with Gasteiger partial charge in [0, 0.05) is 26.6 Å². The van der Waals surface area contributed by atoms with E-state index >= 15 is 0 Å². The number of nitrogens with zero attached hydrogens (tertiary/aromatic N) is 4. The van der Waals surface area contributed by atoms with Crippen molar-refractivity contribution in [1.82, 2.24) is 20.0 Å². The summed E-state index contributed by atoms with van der Waals surface area (Å²) in [6.07, 6.45) is 1.67. The second-order valence-electron chi connectivity index (χ2n) is 8.54. The molecule has 0 saturated heterocycles. The molecule has 2 amide bonds. The van der Waals surface area contributed by atoms with Crippen molar-refractivity contribution < 1.29 is 13.6 Å². The first-order valence-corrected chi connectivity index (χ1v) is 9.40. The van der Waals surface area contributed by atoms with Gasteiger partial charge in [0.2, 0.25) is 0 Å². The van der Waals surface area contributed by atoms with Crippen molar-refractivity contribution in [3.05, 3.63) is 47.2 Å². The van der Waals surface area contributed by atoms with Crippen molar-refractivity contribution in [3.63, 3.8) is 0 Å². The van der Waals surface area contributed by atoms with Gasteiger partial charge >= 0.3 is 6.03 Å².